The lowest BCUT2D eigenvalue weighted by molar-refractivity contribution is -0.119. The van der Waals surface area contributed by atoms with Crippen LogP contribution in [-0.2, 0) is 4.79 Å². The topological polar surface area (TPSA) is 101 Å². The Balaban J connectivity index is 1.93. The van der Waals surface area contributed by atoms with Gasteiger partial charge in [0.15, 0.2) is 0 Å². The van der Waals surface area contributed by atoms with Crippen molar-refractivity contribution in [2.45, 2.75) is 25.7 Å². The number of hydrazone groups is 1. The third-order valence-electron chi connectivity index (χ3n) is 3.39. The van der Waals surface area contributed by atoms with Gasteiger partial charge in [-0.25, -0.2) is 0 Å². The maximum atomic E-state index is 12.0. The van der Waals surface area contributed by atoms with Crippen LogP contribution in [-0.4, -0.2) is 11.6 Å². The predicted molar refractivity (Wildman–Crippen MR) is 79.3 cm³/mol. The van der Waals surface area contributed by atoms with Crippen molar-refractivity contribution in [3.8, 4) is 12.1 Å². The van der Waals surface area contributed by atoms with Crippen LogP contribution in [0.15, 0.2) is 29.4 Å². The summed E-state index contributed by atoms with van der Waals surface area (Å²) in [7, 11) is 0. The fraction of sp³-hybridized carbons (Fsp3) is 0.333. The molecule has 0 radical (unpaired) electrons. The number of nitrogens with zero attached hydrogens (tertiary/aromatic N) is 3. The molecule has 0 aliphatic heterocycles. The average molecular weight is 281 g/mol. The Labute approximate surface area is 123 Å². The molecule has 1 saturated carbocycles. The van der Waals surface area contributed by atoms with E-state index in [1.165, 1.54) is 0 Å². The van der Waals surface area contributed by atoms with E-state index in [2.05, 4.69) is 15.8 Å². The van der Waals surface area contributed by atoms with E-state index >= 15 is 0 Å². The molecule has 1 aliphatic carbocycles. The monoisotopic (exact) mass is 281 g/mol. The third-order valence-corrected chi connectivity index (χ3v) is 3.39. The molecule has 6 heteroatoms. The van der Waals surface area contributed by atoms with Crippen LogP contribution in [0.5, 0.6) is 0 Å². The van der Waals surface area contributed by atoms with Gasteiger partial charge in [0.05, 0.1) is 5.69 Å². The Morgan fingerprint density at radius 2 is 1.67 bits per heavy atom. The van der Waals surface area contributed by atoms with Crippen molar-refractivity contribution >= 4 is 23.0 Å². The minimum absolute atomic E-state index is 0.0717. The summed E-state index contributed by atoms with van der Waals surface area (Å²) in [6, 6.07) is 10.3. The van der Waals surface area contributed by atoms with E-state index in [0.29, 0.717) is 5.69 Å². The predicted octanol–water partition coefficient (Wildman–Crippen LogP) is 2.63. The highest BCUT2D eigenvalue weighted by atomic mass is 16.1. The van der Waals surface area contributed by atoms with Gasteiger partial charge in [-0.15, -0.1) is 0 Å². The molecule has 0 bridgehead atoms. The van der Waals surface area contributed by atoms with Crippen LogP contribution < -0.4 is 10.7 Å². The minimum Gasteiger partial charge on any atom is -0.326 e. The van der Waals surface area contributed by atoms with Gasteiger partial charge in [0.25, 0.3) is 0 Å². The summed E-state index contributed by atoms with van der Waals surface area (Å²) in [6.07, 6.45) is 4.18. The first-order valence-corrected chi connectivity index (χ1v) is 6.78. The number of benzene rings is 1. The number of anilines is 2. The molecule has 1 fully saturated rings. The summed E-state index contributed by atoms with van der Waals surface area (Å²) in [5, 5.41) is 23.7. The molecule has 0 spiro atoms. The van der Waals surface area contributed by atoms with Crippen molar-refractivity contribution < 1.29 is 4.79 Å². The van der Waals surface area contributed by atoms with Crippen molar-refractivity contribution in [1.82, 2.24) is 0 Å². The average Bonchev–Trinajstić information content (AvgIpc) is 3.04. The second-order valence-corrected chi connectivity index (χ2v) is 4.84. The molecule has 2 N–H and O–H groups in total. The van der Waals surface area contributed by atoms with Gasteiger partial charge < -0.3 is 5.32 Å². The molecule has 0 heterocycles. The molecule has 0 unspecified atom stereocenters. The molecule has 1 amide bonds. The molecule has 1 aliphatic rings. The largest absolute Gasteiger partial charge is 0.326 e. The maximum Gasteiger partial charge on any atom is 0.237 e. The van der Waals surface area contributed by atoms with Crippen molar-refractivity contribution in [1.29, 1.82) is 10.5 Å². The number of nitriles is 2. The van der Waals surface area contributed by atoms with Crippen LogP contribution in [0.3, 0.4) is 0 Å². The summed E-state index contributed by atoms with van der Waals surface area (Å²) in [4.78, 5) is 12.0. The van der Waals surface area contributed by atoms with Crippen LogP contribution in [0.2, 0.25) is 0 Å². The molecule has 2 rings (SSSR count). The van der Waals surface area contributed by atoms with Crippen molar-refractivity contribution in [3.05, 3.63) is 24.3 Å². The number of carbonyl (C=O) groups is 1. The molecule has 106 valence electrons. The van der Waals surface area contributed by atoms with Crippen molar-refractivity contribution in [2.24, 2.45) is 11.0 Å². The zero-order valence-corrected chi connectivity index (χ0v) is 11.5. The Bertz CT molecular complexity index is 599. The highest BCUT2D eigenvalue weighted by molar-refractivity contribution is 6.10. The molecule has 6 nitrogen and oxygen atoms in total. The van der Waals surface area contributed by atoms with E-state index < -0.39 is 0 Å². The number of rotatable bonds is 4. The van der Waals surface area contributed by atoms with Gasteiger partial charge >= 0.3 is 0 Å². The zero-order chi connectivity index (χ0) is 15.1. The molecular formula is C15H15N5O. The maximum absolute atomic E-state index is 12.0. The van der Waals surface area contributed by atoms with Crippen LogP contribution in [0, 0.1) is 28.6 Å². The summed E-state index contributed by atoms with van der Waals surface area (Å²) in [5.74, 6) is 0.198. The highest BCUT2D eigenvalue weighted by Gasteiger charge is 2.22. The zero-order valence-electron chi connectivity index (χ0n) is 11.5. The SMILES string of the molecule is N#CC(C#N)=NNc1ccc(NC(=O)C2CCCC2)cc1. The van der Waals surface area contributed by atoms with Gasteiger partial charge in [-0.3, -0.25) is 10.2 Å². The van der Waals surface area contributed by atoms with Crippen LogP contribution in [0.1, 0.15) is 25.7 Å². The van der Waals surface area contributed by atoms with Crippen molar-refractivity contribution in [2.75, 3.05) is 10.7 Å². The molecule has 0 atom stereocenters. The Hall–Kier alpha value is -2.86. The first-order chi connectivity index (χ1) is 10.2. The second-order valence-electron chi connectivity index (χ2n) is 4.84. The summed E-state index contributed by atoms with van der Waals surface area (Å²) in [5.41, 5.74) is 3.73. The van der Waals surface area contributed by atoms with Crippen LogP contribution >= 0.6 is 0 Å². The molecule has 0 saturated heterocycles. The lowest BCUT2D eigenvalue weighted by Gasteiger charge is -2.10. The van der Waals surface area contributed by atoms with Crippen LogP contribution in [0.25, 0.3) is 0 Å². The number of nitrogens with one attached hydrogen (secondary N) is 2. The summed E-state index contributed by atoms with van der Waals surface area (Å²) in [6.45, 7) is 0. The van der Waals surface area contributed by atoms with Gasteiger partial charge in [0.2, 0.25) is 11.6 Å². The molecule has 1 aromatic rings. The van der Waals surface area contributed by atoms with Gasteiger partial charge in [0, 0.05) is 11.6 Å². The van der Waals surface area contributed by atoms with E-state index in [0.717, 1.165) is 31.4 Å². The minimum atomic E-state index is -0.242. The molecule has 0 aromatic heterocycles. The number of hydrogen-bond acceptors (Lipinski definition) is 5. The fourth-order valence-corrected chi connectivity index (χ4v) is 2.26. The lowest BCUT2D eigenvalue weighted by Crippen LogP contribution is -2.20. The van der Waals surface area contributed by atoms with Crippen molar-refractivity contribution in [3.63, 3.8) is 0 Å². The summed E-state index contributed by atoms with van der Waals surface area (Å²) < 4.78 is 0. The van der Waals surface area contributed by atoms with E-state index in [-0.39, 0.29) is 17.5 Å². The van der Waals surface area contributed by atoms with E-state index in [1.807, 2.05) is 0 Å². The van der Waals surface area contributed by atoms with Gasteiger partial charge in [0.1, 0.15) is 12.1 Å². The standard InChI is InChI=1S/C15H15N5O/c16-9-14(10-17)20-19-13-7-5-12(6-8-13)18-15(21)11-3-1-2-4-11/h5-8,11,19H,1-4H2,(H,18,21). The van der Waals surface area contributed by atoms with Gasteiger partial charge in [-0.05, 0) is 37.1 Å². The normalized spacial score (nSPS) is 13.8. The Morgan fingerprint density at radius 3 is 2.24 bits per heavy atom. The quantitative estimate of drug-likeness (QED) is 0.654. The van der Waals surface area contributed by atoms with E-state index in [1.54, 1.807) is 36.4 Å². The number of carbonyl (C=O) groups excluding carboxylic acids is 1. The van der Waals surface area contributed by atoms with Crippen LogP contribution in [0.4, 0.5) is 11.4 Å². The number of amides is 1. The third kappa shape index (κ3) is 4.05. The first-order valence-electron chi connectivity index (χ1n) is 6.78. The number of hydrogen-bond donors (Lipinski definition) is 2. The van der Waals surface area contributed by atoms with Gasteiger partial charge in [-0.2, -0.15) is 15.6 Å². The Morgan fingerprint density at radius 1 is 1.10 bits per heavy atom. The smallest absolute Gasteiger partial charge is 0.237 e. The van der Waals surface area contributed by atoms with Gasteiger partial charge in [-0.1, -0.05) is 12.8 Å². The molecule has 21 heavy (non-hydrogen) atoms. The molecule has 1 aromatic carbocycles. The summed E-state index contributed by atoms with van der Waals surface area (Å²) >= 11 is 0. The highest BCUT2D eigenvalue weighted by Crippen LogP contribution is 2.26. The fourth-order valence-electron chi connectivity index (χ4n) is 2.26. The Kier molecular flexibility index (Phi) is 4.89. The first kappa shape index (κ1) is 14.5. The lowest BCUT2D eigenvalue weighted by atomic mass is 10.1. The second kappa shape index (κ2) is 7.06. The molecular weight excluding hydrogens is 266 g/mol. The van der Waals surface area contributed by atoms with E-state index in [9.17, 15) is 4.79 Å². The van der Waals surface area contributed by atoms with E-state index in [4.69, 9.17) is 10.5 Å².